The summed E-state index contributed by atoms with van der Waals surface area (Å²) >= 11 is 0. The van der Waals surface area contributed by atoms with Gasteiger partial charge >= 0.3 is 17.9 Å². The van der Waals surface area contributed by atoms with Crippen LogP contribution < -0.4 is 0 Å². The molecule has 0 aromatic carbocycles. The predicted molar refractivity (Wildman–Crippen MR) is 315 cm³/mol. The number of hydrogen-bond acceptors (Lipinski definition) is 6. The van der Waals surface area contributed by atoms with Crippen LogP contribution in [-0.2, 0) is 28.6 Å². The fraction of sp³-hybridized carbons (Fsp3) is 0.597. The van der Waals surface area contributed by atoms with E-state index in [0.29, 0.717) is 25.7 Å². The van der Waals surface area contributed by atoms with Crippen LogP contribution in [0, 0.1) is 0 Å². The van der Waals surface area contributed by atoms with Crippen LogP contribution in [0.2, 0.25) is 0 Å². The molecule has 0 saturated carbocycles. The average molecular weight is 1010 g/mol. The van der Waals surface area contributed by atoms with Gasteiger partial charge in [0, 0.05) is 19.3 Å². The van der Waals surface area contributed by atoms with Gasteiger partial charge in [0.15, 0.2) is 6.10 Å². The van der Waals surface area contributed by atoms with Gasteiger partial charge in [-0.3, -0.25) is 14.4 Å². The van der Waals surface area contributed by atoms with Gasteiger partial charge in [-0.1, -0.05) is 237 Å². The van der Waals surface area contributed by atoms with Crippen molar-refractivity contribution in [1.29, 1.82) is 0 Å². The second-order valence-corrected chi connectivity index (χ2v) is 18.8. The predicted octanol–water partition coefficient (Wildman–Crippen LogP) is 20.0. The van der Waals surface area contributed by atoms with Gasteiger partial charge in [-0.05, 0) is 128 Å². The molecule has 0 spiro atoms. The van der Waals surface area contributed by atoms with Crippen molar-refractivity contribution in [2.45, 2.75) is 245 Å². The van der Waals surface area contributed by atoms with Gasteiger partial charge in [0.2, 0.25) is 0 Å². The molecule has 0 fully saturated rings. The Morgan fingerprint density at radius 1 is 0.288 bits per heavy atom. The molecule has 6 nitrogen and oxygen atoms in total. The lowest BCUT2D eigenvalue weighted by atomic mass is 10.1. The largest absolute Gasteiger partial charge is 0.462 e. The van der Waals surface area contributed by atoms with E-state index in [1.165, 1.54) is 51.4 Å². The topological polar surface area (TPSA) is 78.9 Å². The highest BCUT2D eigenvalue weighted by atomic mass is 16.6. The van der Waals surface area contributed by atoms with Crippen molar-refractivity contribution in [2.75, 3.05) is 13.2 Å². The zero-order chi connectivity index (χ0) is 52.9. The second-order valence-electron chi connectivity index (χ2n) is 18.8. The molecule has 1 unspecified atom stereocenters. The van der Waals surface area contributed by atoms with Crippen molar-refractivity contribution >= 4 is 17.9 Å². The summed E-state index contributed by atoms with van der Waals surface area (Å²) in [5.74, 6) is -0.976. The summed E-state index contributed by atoms with van der Waals surface area (Å²) in [5, 5.41) is 0. The van der Waals surface area contributed by atoms with Crippen LogP contribution in [0.4, 0.5) is 0 Å². The monoisotopic (exact) mass is 1010 g/mol. The molecule has 0 saturated heterocycles. The minimum Gasteiger partial charge on any atom is -0.462 e. The average Bonchev–Trinajstić information content (AvgIpc) is 3.39. The van der Waals surface area contributed by atoms with Gasteiger partial charge in [-0.2, -0.15) is 0 Å². The molecule has 0 amide bonds. The summed E-state index contributed by atoms with van der Waals surface area (Å²) < 4.78 is 16.7. The molecular weight excluding hydrogens is 901 g/mol. The summed E-state index contributed by atoms with van der Waals surface area (Å²) in [6.07, 6.45) is 85.8. The number of rotatable bonds is 51. The van der Waals surface area contributed by atoms with Crippen LogP contribution >= 0.6 is 0 Å². The third kappa shape index (κ3) is 58.1. The van der Waals surface area contributed by atoms with Crippen LogP contribution in [0.1, 0.15) is 239 Å². The molecule has 0 N–H and O–H groups in total. The fourth-order valence-corrected chi connectivity index (χ4v) is 7.44. The molecule has 0 heterocycles. The third-order valence-corrected chi connectivity index (χ3v) is 11.8. The lowest BCUT2D eigenvalue weighted by Crippen LogP contribution is -2.30. The highest BCUT2D eigenvalue weighted by Gasteiger charge is 2.19. The number of ether oxygens (including phenoxy) is 3. The molecular formula is C67H106O6. The van der Waals surface area contributed by atoms with Crippen LogP contribution in [0.5, 0.6) is 0 Å². The molecule has 0 radical (unpaired) electrons. The molecule has 73 heavy (non-hydrogen) atoms. The zero-order valence-corrected chi connectivity index (χ0v) is 46.8. The van der Waals surface area contributed by atoms with Crippen LogP contribution in [-0.4, -0.2) is 37.2 Å². The Morgan fingerprint density at radius 3 is 0.890 bits per heavy atom. The Kier molecular flexibility index (Phi) is 56.0. The maximum Gasteiger partial charge on any atom is 0.306 e. The molecule has 0 aliphatic rings. The summed E-state index contributed by atoms with van der Waals surface area (Å²) in [5.41, 5.74) is 0. The standard InChI is InChI=1S/C67H106O6/c1-4-7-10-13-16-18-20-22-24-25-26-27-28-29-30-31-32-33-34-35-36-37-38-39-40-41-43-44-46-48-51-54-57-60-66(69)72-63-64(62-71-65(68)59-56-53-50-15-12-9-6-3)73-67(70)61-58-55-52-49-47-45-42-23-21-19-17-14-11-8-5-2/h7,10,16-19,22-24,26-27,29-30,32-33,35-36,38-39,41-43,46,48,64H,4-6,8-9,11-15,20-21,25,28,31,34,37,40,44-45,47,49-63H2,1-3H3/b10-7-,18-16-,19-17-,24-22-,27-26-,30-29-,33-32-,36-35-,39-38-,42-23-,43-41-,48-46-. The van der Waals surface area contributed by atoms with Gasteiger partial charge in [-0.25, -0.2) is 0 Å². The van der Waals surface area contributed by atoms with Crippen LogP contribution in [0.15, 0.2) is 146 Å². The highest BCUT2D eigenvalue weighted by molar-refractivity contribution is 5.71. The minimum atomic E-state index is -0.805. The summed E-state index contributed by atoms with van der Waals surface area (Å²) in [7, 11) is 0. The third-order valence-electron chi connectivity index (χ3n) is 11.8. The van der Waals surface area contributed by atoms with Crippen LogP contribution in [0.3, 0.4) is 0 Å². The normalized spacial score (nSPS) is 13.2. The number of unbranched alkanes of at least 4 members (excludes halogenated alkanes) is 16. The highest BCUT2D eigenvalue weighted by Crippen LogP contribution is 2.13. The first-order valence-electron chi connectivity index (χ1n) is 29.3. The van der Waals surface area contributed by atoms with E-state index in [9.17, 15) is 14.4 Å². The Hall–Kier alpha value is -4.71. The van der Waals surface area contributed by atoms with E-state index >= 15 is 0 Å². The van der Waals surface area contributed by atoms with Crippen molar-refractivity contribution in [3.05, 3.63) is 146 Å². The molecule has 0 aromatic heterocycles. The number of carbonyl (C=O) groups excluding carboxylic acids is 3. The Morgan fingerprint density at radius 2 is 0.534 bits per heavy atom. The fourth-order valence-electron chi connectivity index (χ4n) is 7.44. The lowest BCUT2D eigenvalue weighted by molar-refractivity contribution is -0.167. The van der Waals surface area contributed by atoms with Gasteiger partial charge in [0.05, 0.1) is 0 Å². The summed E-state index contributed by atoms with van der Waals surface area (Å²) in [6.45, 7) is 6.39. The molecule has 0 aromatic rings. The lowest BCUT2D eigenvalue weighted by Gasteiger charge is -2.18. The molecule has 0 bridgehead atoms. The van der Waals surface area contributed by atoms with Crippen molar-refractivity contribution in [3.63, 3.8) is 0 Å². The smallest absolute Gasteiger partial charge is 0.306 e. The van der Waals surface area contributed by atoms with E-state index in [-0.39, 0.29) is 31.1 Å². The van der Waals surface area contributed by atoms with E-state index in [2.05, 4.69) is 167 Å². The van der Waals surface area contributed by atoms with Gasteiger partial charge in [-0.15, -0.1) is 0 Å². The maximum absolute atomic E-state index is 12.8. The molecule has 0 aliphatic carbocycles. The summed E-state index contributed by atoms with van der Waals surface area (Å²) in [4.78, 5) is 37.9. The van der Waals surface area contributed by atoms with E-state index in [0.717, 1.165) is 141 Å². The first-order valence-corrected chi connectivity index (χ1v) is 29.3. The number of allylic oxidation sites excluding steroid dienone is 24. The Balaban J connectivity index is 4.27. The van der Waals surface area contributed by atoms with Crippen molar-refractivity contribution in [3.8, 4) is 0 Å². The van der Waals surface area contributed by atoms with Gasteiger partial charge in [0.25, 0.3) is 0 Å². The number of carbonyl (C=O) groups is 3. The van der Waals surface area contributed by atoms with E-state index in [1.54, 1.807) is 0 Å². The van der Waals surface area contributed by atoms with Crippen molar-refractivity contribution < 1.29 is 28.6 Å². The molecule has 410 valence electrons. The first-order chi connectivity index (χ1) is 36.0. The number of esters is 3. The SMILES string of the molecule is CC/C=C\C/C=C\C/C=C\C/C=C\C/C=C\C/C=C\C/C=C\C/C=C\C/C=C\C/C=C\CCCCC(=O)OCC(COC(=O)CCCCCCCCC)OC(=O)CCCCCCC/C=C\C/C=C\CCCCC. The van der Waals surface area contributed by atoms with Crippen LogP contribution in [0.25, 0.3) is 0 Å². The maximum atomic E-state index is 12.8. The van der Waals surface area contributed by atoms with E-state index < -0.39 is 6.10 Å². The molecule has 6 heteroatoms. The van der Waals surface area contributed by atoms with E-state index in [4.69, 9.17) is 14.2 Å². The van der Waals surface area contributed by atoms with Crippen molar-refractivity contribution in [2.24, 2.45) is 0 Å². The van der Waals surface area contributed by atoms with Gasteiger partial charge in [0.1, 0.15) is 13.2 Å². The second kappa shape index (κ2) is 59.8. The Bertz CT molecular complexity index is 1630. The Labute approximate surface area is 448 Å². The van der Waals surface area contributed by atoms with Gasteiger partial charge < -0.3 is 14.2 Å². The van der Waals surface area contributed by atoms with Crippen molar-refractivity contribution in [1.82, 2.24) is 0 Å². The molecule has 0 aliphatic heterocycles. The quantitative estimate of drug-likeness (QED) is 0.0261. The first kappa shape index (κ1) is 68.3. The number of hydrogen-bond donors (Lipinski definition) is 0. The zero-order valence-electron chi connectivity index (χ0n) is 46.8. The van der Waals surface area contributed by atoms with E-state index in [1.807, 2.05) is 0 Å². The molecule has 0 rings (SSSR count). The molecule has 1 atom stereocenters. The summed E-state index contributed by atoms with van der Waals surface area (Å²) in [6, 6.07) is 0. The minimum absolute atomic E-state index is 0.101.